The van der Waals surface area contributed by atoms with Crippen molar-refractivity contribution in [1.82, 2.24) is 9.88 Å². The predicted molar refractivity (Wildman–Crippen MR) is 122 cm³/mol. The minimum Gasteiger partial charge on any atom is -0.487 e. The number of hydrogen-bond acceptors (Lipinski definition) is 5. The number of thiazole rings is 1. The summed E-state index contributed by atoms with van der Waals surface area (Å²) in [7, 11) is 0. The first-order chi connectivity index (χ1) is 14.7. The van der Waals surface area contributed by atoms with E-state index in [0.717, 1.165) is 48.2 Å². The van der Waals surface area contributed by atoms with E-state index in [1.165, 1.54) is 5.69 Å². The van der Waals surface area contributed by atoms with E-state index in [9.17, 15) is 4.79 Å². The molecule has 1 amide bonds. The number of hydrogen-bond donors (Lipinski definition) is 0. The molecule has 1 aliphatic heterocycles. The van der Waals surface area contributed by atoms with E-state index in [2.05, 4.69) is 22.0 Å². The summed E-state index contributed by atoms with van der Waals surface area (Å²) < 4.78 is 5.83. The molecule has 0 saturated carbocycles. The van der Waals surface area contributed by atoms with Gasteiger partial charge in [0.25, 0.3) is 0 Å². The second-order valence-electron chi connectivity index (χ2n) is 7.20. The van der Waals surface area contributed by atoms with Gasteiger partial charge >= 0.3 is 0 Å². The number of aryl methyl sites for hydroxylation is 1. The molecule has 0 radical (unpaired) electrons. The molecule has 0 spiro atoms. The average Bonchev–Trinajstić information content (AvgIpc) is 3.22. The quantitative estimate of drug-likeness (QED) is 0.556. The first-order valence-corrected chi connectivity index (χ1v) is 11.0. The summed E-state index contributed by atoms with van der Waals surface area (Å²) in [6.45, 7) is 5.59. The summed E-state index contributed by atoms with van der Waals surface area (Å²) >= 11 is 1.62. The van der Waals surface area contributed by atoms with Crippen LogP contribution >= 0.6 is 11.3 Å². The van der Waals surface area contributed by atoms with Crippen LogP contribution in [0.1, 0.15) is 16.3 Å². The zero-order valence-corrected chi connectivity index (χ0v) is 17.8. The van der Waals surface area contributed by atoms with Crippen LogP contribution in [0.5, 0.6) is 5.75 Å². The van der Waals surface area contributed by atoms with Crippen LogP contribution in [0.4, 0.5) is 5.69 Å². The lowest BCUT2D eigenvalue weighted by Gasteiger charge is -2.35. The van der Waals surface area contributed by atoms with Gasteiger partial charge in [-0.05, 0) is 42.8 Å². The Morgan fingerprint density at radius 1 is 1.10 bits per heavy atom. The summed E-state index contributed by atoms with van der Waals surface area (Å²) in [5, 5.41) is 3.04. The fraction of sp³-hybridized carbons (Fsp3) is 0.250. The molecule has 0 unspecified atom stereocenters. The van der Waals surface area contributed by atoms with Crippen molar-refractivity contribution in [3.05, 3.63) is 82.3 Å². The Labute approximate surface area is 181 Å². The van der Waals surface area contributed by atoms with Gasteiger partial charge in [-0.25, -0.2) is 4.98 Å². The van der Waals surface area contributed by atoms with Gasteiger partial charge in [0, 0.05) is 43.3 Å². The molecular weight excluding hydrogens is 394 g/mol. The third kappa shape index (κ3) is 5.27. The van der Waals surface area contributed by atoms with Crippen molar-refractivity contribution >= 4 is 29.0 Å². The van der Waals surface area contributed by atoms with Crippen molar-refractivity contribution < 1.29 is 9.53 Å². The van der Waals surface area contributed by atoms with Gasteiger partial charge in [0.05, 0.1) is 10.7 Å². The molecule has 0 atom stereocenters. The van der Waals surface area contributed by atoms with E-state index < -0.39 is 0 Å². The topological polar surface area (TPSA) is 45.7 Å². The number of ether oxygens (including phenoxy) is 1. The van der Waals surface area contributed by atoms with Crippen LogP contribution < -0.4 is 9.64 Å². The summed E-state index contributed by atoms with van der Waals surface area (Å²) in [4.78, 5) is 21.2. The van der Waals surface area contributed by atoms with Crippen LogP contribution in [0.15, 0.2) is 66.1 Å². The van der Waals surface area contributed by atoms with Crippen molar-refractivity contribution in [2.75, 3.05) is 31.1 Å². The number of amides is 1. The Morgan fingerprint density at radius 3 is 2.63 bits per heavy atom. The smallest absolute Gasteiger partial charge is 0.246 e. The Balaban J connectivity index is 1.30. The second kappa shape index (κ2) is 9.59. The normalized spacial score (nSPS) is 14.3. The molecule has 1 saturated heterocycles. The Morgan fingerprint density at radius 2 is 1.90 bits per heavy atom. The molecule has 5 nitrogen and oxygen atoms in total. The highest BCUT2D eigenvalue weighted by molar-refractivity contribution is 7.09. The van der Waals surface area contributed by atoms with Gasteiger partial charge in [0.2, 0.25) is 5.91 Å². The monoisotopic (exact) mass is 419 g/mol. The van der Waals surface area contributed by atoms with Gasteiger partial charge in [0.15, 0.2) is 0 Å². The molecule has 1 fully saturated rings. The molecule has 6 heteroatoms. The zero-order valence-electron chi connectivity index (χ0n) is 17.0. The number of benzene rings is 2. The molecule has 1 aromatic heterocycles. The van der Waals surface area contributed by atoms with Crippen LogP contribution in [0.2, 0.25) is 0 Å². The predicted octanol–water partition coefficient (Wildman–Crippen LogP) is 4.39. The van der Waals surface area contributed by atoms with Crippen LogP contribution in [0.25, 0.3) is 6.08 Å². The number of rotatable bonds is 6. The number of piperazine rings is 1. The highest BCUT2D eigenvalue weighted by Gasteiger charge is 2.19. The molecule has 0 bridgehead atoms. The fourth-order valence-corrected chi connectivity index (χ4v) is 4.03. The number of aromatic nitrogens is 1. The highest BCUT2D eigenvalue weighted by Crippen LogP contribution is 2.18. The first kappa shape index (κ1) is 20.2. The van der Waals surface area contributed by atoms with E-state index in [-0.39, 0.29) is 5.91 Å². The largest absolute Gasteiger partial charge is 0.487 e. The molecule has 30 heavy (non-hydrogen) atoms. The van der Waals surface area contributed by atoms with E-state index >= 15 is 0 Å². The van der Waals surface area contributed by atoms with Crippen molar-refractivity contribution in [3.8, 4) is 5.75 Å². The lowest BCUT2D eigenvalue weighted by Crippen LogP contribution is -2.48. The molecule has 0 aliphatic carbocycles. The molecule has 154 valence electrons. The van der Waals surface area contributed by atoms with Gasteiger partial charge in [-0.1, -0.05) is 30.3 Å². The Hall–Kier alpha value is -3.12. The lowest BCUT2D eigenvalue weighted by atomic mass is 10.2. The van der Waals surface area contributed by atoms with Gasteiger partial charge in [-0.3, -0.25) is 4.79 Å². The fourth-order valence-electron chi connectivity index (χ4n) is 3.44. The minimum absolute atomic E-state index is 0.0481. The summed E-state index contributed by atoms with van der Waals surface area (Å²) in [6.07, 6.45) is 3.51. The second-order valence-corrected chi connectivity index (χ2v) is 8.26. The van der Waals surface area contributed by atoms with Gasteiger partial charge in [0.1, 0.15) is 12.4 Å². The number of nitrogens with zero attached hydrogens (tertiary/aromatic N) is 3. The van der Waals surface area contributed by atoms with E-state index in [4.69, 9.17) is 4.74 Å². The third-order valence-electron chi connectivity index (χ3n) is 5.04. The van der Waals surface area contributed by atoms with Crippen LogP contribution in [0.3, 0.4) is 0 Å². The SMILES string of the molecule is Cc1nc(COc2cccc(/C=C/C(=O)N3CCN(c4ccccc4)CC3)c2)cs1. The summed E-state index contributed by atoms with van der Waals surface area (Å²) in [5.74, 6) is 0.818. The summed E-state index contributed by atoms with van der Waals surface area (Å²) in [5.41, 5.74) is 3.09. The molecule has 2 aromatic carbocycles. The number of para-hydroxylation sites is 1. The summed E-state index contributed by atoms with van der Waals surface area (Å²) in [6, 6.07) is 18.1. The van der Waals surface area contributed by atoms with Crippen molar-refractivity contribution in [2.24, 2.45) is 0 Å². The molecular formula is C24H25N3O2S. The van der Waals surface area contributed by atoms with Crippen molar-refractivity contribution in [3.63, 3.8) is 0 Å². The average molecular weight is 420 g/mol. The van der Waals surface area contributed by atoms with Crippen molar-refractivity contribution in [1.29, 1.82) is 0 Å². The molecule has 1 aliphatic rings. The molecule has 2 heterocycles. The Bertz CT molecular complexity index is 1010. The Kier molecular flexibility index (Phi) is 6.44. The number of anilines is 1. The first-order valence-electron chi connectivity index (χ1n) is 10.1. The van der Waals surface area contributed by atoms with Crippen molar-refractivity contribution in [2.45, 2.75) is 13.5 Å². The van der Waals surface area contributed by atoms with Gasteiger partial charge in [-0.15, -0.1) is 11.3 Å². The number of carbonyl (C=O) groups excluding carboxylic acids is 1. The maximum atomic E-state index is 12.6. The third-order valence-corrected chi connectivity index (χ3v) is 5.86. The number of carbonyl (C=O) groups is 1. The molecule has 0 N–H and O–H groups in total. The highest BCUT2D eigenvalue weighted by atomic mass is 32.1. The van der Waals surface area contributed by atoms with Crippen LogP contribution in [-0.2, 0) is 11.4 Å². The van der Waals surface area contributed by atoms with Crippen LogP contribution in [-0.4, -0.2) is 42.0 Å². The van der Waals surface area contributed by atoms with Gasteiger partial charge in [-0.2, -0.15) is 0 Å². The van der Waals surface area contributed by atoms with Gasteiger partial charge < -0.3 is 14.5 Å². The van der Waals surface area contributed by atoms with E-state index in [1.54, 1.807) is 17.4 Å². The van der Waals surface area contributed by atoms with E-state index in [0.29, 0.717) is 6.61 Å². The standard InChI is InChI=1S/C24H25N3O2S/c1-19-25-21(18-30-19)17-29-23-9-5-6-20(16-23)10-11-24(28)27-14-12-26(13-15-27)22-7-3-2-4-8-22/h2-11,16,18H,12-15,17H2,1H3/b11-10+. The lowest BCUT2D eigenvalue weighted by molar-refractivity contribution is -0.126. The maximum Gasteiger partial charge on any atom is 0.246 e. The zero-order chi connectivity index (χ0) is 20.8. The van der Waals surface area contributed by atoms with Crippen LogP contribution in [0, 0.1) is 6.92 Å². The van der Waals surface area contributed by atoms with E-state index in [1.807, 2.05) is 65.7 Å². The minimum atomic E-state index is 0.0481. The maximum absolute atomic E-state index is 12.6. The molecule has 3 aromatic rings. The molecule has 4 rings (SSSR count).